The van der Waals surface area contributed by atoms with Gasteiger partial charge in [-0.3, -0.25) is 4.79 Å². The van der Waals surface area contributed by atoms with Gasteiger partial charge >= 0.3 is 0 Å². The van der Waals surface area contributed by atoms with E-state index >= 15 is 0 Å². The van der Waals surface area contributed by atoms with Crippen molar-refractivity contribution in [3.8, 4) is 5.75 Å². The average molecular weight is 343 g/mol. The maximum atomic E-state index is 12.8. The Morgan fingerprint density at radius 3 is 2.58 bits per heavy atom. The first-order valence-electron chi connectivity index (χ1n) is 8.61. The summed E-state index contributed by atoms with van der Waals surface area (Å²) in [5.74, 6) is 1.79. The Hall–Kier alpha value is -1.81. The molecule has 0 radical (unpaired) electrons. The zero-order valence-electron chi connectivity index (χ0n) is 14.4. The van der Waals surface area contributed by atoms with Gasteiger partial charge in [-0.2, -0.15) is 11.3 Å². The van der Waals surface area contributed by atoms with Crippen LogP contribution < -0.4 is 4.74 Å². The molecule has 3 nitrogen and oxygen atoms in total. The second-order valence-corrected chi connectivity index (χ2v) is 7.36. The number of carbonyl (C=O) groups is 1. The lowest BCUT2D eigenvalue weighted by Crippen LogP contribution is -2.39. The third-order valence-corrected chi connectivity index (χ3v) is 5.57. The monoisotopic (exact) mass is 343 g/mol. The van der Waals surface area contributed by atoms with Gasteiger partial charge in [-0.25, -0.2) is 0 Å². The number of ether oxygens (including phenoxy) is 1. The SMILES string of the molecule is COc1ccc(CN(C(=O)CCc2ccsc2)C(C)C2CC2)cc1. The minimum atomic E-state index is 0.261. The van der Waals surface area contributed by atoms with Crippen molar-refractivity contribution in [2.24, 2.45) is 5.92 Å². The quantitative estimate of drug-likeness (QED) is 0.705. The minimum Gasteiger partial charge on any atom is -0.497 e. The van der Waals surface area contributed by atoms with Gasteiger partial charge < -0.3 is 9.64 Å². The molecular weight excluding hydrogens is 318 g/mol. The fraction of sp³-hybridized carbons (Fsp3) is 0.450. The van der Waals surface area contributed by atoms with Crippen molar-refractivity contribution in [1.82, 2.24) is 4.90 Å². The first kappa shape index (κ1) is 17.0. The number of rotatable bonds is 8. The Balaban J connectivity index is 1.66. The number of methoxy groups -OCH3 is 1. The van der Waals surface area contributed by atoms with Crippen molar-refractivity contribution in [1.29, 1.82) is 0 Å². The zero-order valence-corrected chi connectivity index (χ0v) is 15.2. The summed E-state index contributed by atoms with van der Waals surface area (Å²) < 4.78 is 5.22. The van der Waals surface area contributed by atoms with Gasteiger partial charge in [0.25, 0.3) is 0 Å². The number of thiophene rings is 1. The molecule has 0 bridgehead atoms. The van der Waals surface area contributed by atoms with Gasteiger partial charge in [-0.1, -0.05) is 12.1 Å². The van der Waals surface area contributed by atoms with E-state index in [1.807, 2.05) is 12.1 Å². The molecule has 1 unspecified atom stereocenters. The van der Waals surface area contributed by atoms with E-state index in [9.17, 15) is 4.79 Å². The molecule has 0 aliphatic heterocycles. The standard InChI is InChI=1S/C20H25NO2S/c1-15(18-6-7-18)21(13-16-3-8-19(23-2)9-4-16)20(22)10-5-17-11-12-24-14-17/h3-4,8-9,11-12,14-15,18H,5-7,10,13H2,1-2H3. The molecule has 1 amide bonds. The number of hydrogen-bond donors (Lipinski definition) is 0. The molecule has 1 aliphatic carbocycles. The first-order valence-corrected chi connectivity index (χ1v) is 9.55. The Bertz CT molecular complexity index is 647. The first-order chi connectivity index (χ1) is 11.7. The lowest BCUT2D eigenvalue weighted by atomic mass is 10.1. The van der Waals surface area contributed by atoms with Gasteiger partial charge in [0.2, 0.25) is 5.91 Å². The summed E-state index contributed by atoms with van der Waals surface area (Å²) in [4.78, 5) is 14.9. The van der Waals surface area contributed by atoms with Gasteiger partial charge in [0.15, 0.2) is 0 Å². The normalized spacial score (nSPS) is 15.1. The highest BCUT2D eigenvalue weighted by Crippen LogP contribution is 2.36. The van der Waals surface area contributed by atoms with Crippen molar-refractivity contribution in [2.45, 2.75) is 45.2 Å². The van der Waals surface area contributed by atoms with Crippen LogP contribution >= 0.6 is 11.3 Å². The molecule has 1 atom stereocenters. The minimum absolute atomic E-state index is 0.261. The number of nitrogens with zero attached hydrogens (tertiary/aromatic N) is 1. The molecule has 128 valence electrons. The predicted octanol–water partition coefficient (Wildman–Crippen LogP) is 4.52. The van der Waals surface area contributed by atoms with Crippen LogP contribution in [0.5, 0.6) is 5.75 Å². The molecule has 1 saturated carbocycles. The van der Waals surface area contributed by atoms with Crippen LogP contribution in [0.1, 0.15) is 37.3 Å². The van der Waals surface area contributed by atoms with Crippen molar-refractivity contribution in [3.63, 3.8) is 0 Å². The van der Waals surface area contributed by atoms with Gasteiger partial charge in [0, 0.05) is 19.0 Å². The van der Waals surface area contributed by atoms with Crippen LogP contribution in [0.25, 0.3) is 0 Å². The van der Waals surface area contributed by atoms with E-state index in [1.54, 1.807) is 18.4 Å². The Labute approximate surface area is 148 Å². The smallest absolute Gasteiger partial charge is 0.223 e. The van der Waals surface area contributed by atoms with Gasteiger partial charge in [-0.05, 0) is 72.2 Å². The second kappa shape index (κ2) is 7.84. The maximum Gasteiger partial charge on any atom is 0.223 e. The number of benzene rings is 1. The molecule has 0 saturated heterocycles. The highest BCUT2D eigenvalue weighted by Gasteiger charge is 2.34. The molecule has 0 N–H and O–H groups in total. The maximum absolute atomic E-state index is 12.8. The fourth-order valence-electron chi connectivity index (χ4n) is 3.05. The molecule has 1 aromatic heterocycles. The van der Waals surface area contributed by atoms with Crippen molar-refractivity contribution < 1.29 is 9.53 Å². The third-order valence-electron chi connectivity index (χ3n) is 4.84. The van der Waals surface area contributed by atoms with E-state index in [0.717, 1.165) is 17.7 Å². The number of aryl methyl sites for hydroxylation is 1. The molecular formula is C20H25NO2S. The fourth-order valence-corrected chi connectivity index (χ4v) is 3.75. The summed E-state index contributed by atoms with van der Waals surface area (Å²) >= 11 is 1.69. The summed E-state index contributed by atoms with van der Waals surface area (Å²) in [5, 5.41) is 4.20. The van der Waals surface area contributed by atoms with E-state index in [1.165, 1.54) is 18.4 Å². The van der Waals surface area contributed by atoms with Crippen LogP contribution in [0.15, 0.2) is 41.1 Å². The molecule has 1 fully saturated rings. The summed E-state index contributed by atoms with van der Waals surface area (Å²) in [6, 6.07) is 10.5. The molecule has 1 aliphatic rings. The molecule has 4 heteroatoms. The second-order valence-electron chi connectivity index (χ2n) is 6.58. The van der Waals surface area contributed by atoms with E-state index in [0.29, 0.717) is 24.9 Å². The van der Waals surface area contributed by atoms with E-state index in [4.69, 9.17) is 4.74 Å². The van der Waals surface area contributed by atoms with Crippen molar-refractivity contribution in [3.05, 3.63) is 52.2 Å². The molecule has 3 rings (SSSR count). The number of amides is 1. The number of hydrogen-bond acceptors (Lipinski definition) is 3. The molecule has 24 heavy (non-hydrogen) atoms. The highest BCUT2D eigenvalue weighted by atomic mass is 32.1. The molecule has 0 spiro atoms. The van der Waals surface area contributed by atoms with Crippen molar-refractivity contribution in [2.75, 3.05) is 7.11 Å². The predicted molar refractivity (Wildman–Crippen MR) is 98.4 cm³/mol. The van der Waals surface area contributed by atoms with Crippen LogP contribution in [0.3, 0.4) is 0 Å². The van der Waals surface area contributed by atoms with Crippen LogP contribution in [0.4, 0.5) is 0 Å². The van der Waals surface area contributed by atoms with Crippen LogP contribution in [0.2, 0.25) is 0 Å². The lowest BCUT2D eigenvalue weighted by molar-refractivity contribution is -0.134. The van der Waals surface area contributed by atoms with Crippen LogP contribution in [-0.4, -0.2) is 24.0 Å². The van der Waals surface area contributed by atoms with Crippen molar-refractivity contribution >= 4 is 17.2 Å². The van der Waals surface area contributed by atoms with E-state index < -0.39 is 0 Å². The highest BCUT2D eigenvalue weighted by molar-refractivity contribution is 7.07. The van der Waals surface area contributed by atoms with Crippen LogP contribution in [-0.2, 0) is 17.8 Å². The van der Waals surface area contributed by atoms with E-state index in [2.05, 4.69) is 40.8 Å². The zero-order chi connectivity index (χ0) is 16.9. The third kappa shape index (κ3) is 4.38. The summed E-state index contributed by atoms with van der Waals surface area (Å²) in [5.41, 5.74) is 2.42. The Kier molecular flexibility index (Phi) is 5.56. The molecule has 1 heterocycles. The largest absolute Gasteiger partial charge is 0.497 e. The lowest BCUT2D eigenvalue weighted by Gasteiger charge is -2.30. The number of carbonyl (C=O) groups excluding carboxylic acids is 1. The van der Waals surface area contributed by atoms with Gasteiger partial charge in [0.05, 0.1) is 7.11 Å². The average Bonchev–Trinajstić information content (AvgIpc) is 3.33. The van der Waals surface area contributed by atoms with Gasteiger partial charge in [-0.15, -0.1) is 0 Å². The summed E-state index contributed by atoms with van der Waals surface area (Å²) in [6.45, 7) is 2.88. The van der Waals surface area contributed by atoms with Gasteiger partial charge in [0.1, 0.15) is 5.75 Å². The van der Waals surface area contributed by atoms with Crippen LogP contribution in [0, 0.1) is 5.92 Å². The Morgan fingerprint density at radius 1 is 1.25 bits per heavy atom. The summed E-state index contributed by atoms with van der Waals surface area (Å²) in [7, 11) is 1.67. The van der Waals surface area contributed by atoms with E-state index in [-0.39, 0.29) is 5.91 Å². The summed E-state index contributed by atoms with van der Waals surface area (Å²) in [6.07, 6.45) is 3.92. The molecule has 2 aromatic rings. The molecule has 1 aromatic carbocycles. The Morgan fingerprint density at radius 2 is 2.00 bits per heavy atom. The topological polar surface area (TPSA) is 29.5 Å².